The van der Waals surface area contributed by atoms with E-state index in [9.17, 15) is 4.79 Å². The first-order valence-corrected chi connectivity index (χ1v) is 12.0. The third-order valence-electron chi connectivity index (χ3n) is 6.88. The van der Waals surface area contributed by atoms with E-state index in [2.05, 4.69) is 35.1 Å². The molecule has 2 fully saturated rings. The Balaban J connectivity index is 1.25. The number of imidazole rings is 1. The fourth-order valence-corrected chi connectivity index (χ4v) is 5.14. The number of carbonyl (C=O) groups is 1. The molecule has 1 aliphatic heterocycles. The number of aromatic nitrogens is 5. The molecule has 0 bridgehead atoms. The third-order valence-corrected chi connectivity index (χ3v) is 6.88. The van der Waals surface area contributed by atoms with E-state index in [1.54, 1.807) is 18.7 Å². The Kier molecular flexibility index (Phi) is 5.44. The van der Waals surface area contributed by atoms with Gasteiger partial charge in [-0.3, -0.25) is 4.79 Å². The quantitative estimate of drug-likeness (QED) is 0.455. The highest BCUT2D eigenvalue weighted by molar-refractivity contribution is 5.97. The van der Waals surface area contributed by atoms with Gasteiger partial charge >= 0.3 is 0 Å². The molecule has 1 amide bonds. The van der Waals surface area contributed by atoms with Crippen molar-refractivity contribution in [3.63, 3.8) is 0 Å². The molecule has 2 aliphatic rings. The first-order valence-electron chi connectivity index (χ1n) is 12.0. The summed E-state index contributed by atoms with van der Waals surface area (Å²) in [5.74, 6) is 1.38. The molecular formula is C25H27N7O2. The summed E-state index contributed by atoms with van der Waals surface area (Å²) in [4.78, 5) is 36.0. The van der Waals surface area contributed by atoms with E-state index in [0.717, 1.165) is 60.1 Å². The van der Waals surface area contributed by atoms with Crippen LogP contribution in [0, 0.1) is 0 Å². The molecule has 3 aromatic heterocycles. The standard InChI is InChI=1S/C25H27N7O2/c33-25(30-16-6-1-2-7-16)20-12-21(18-9-3-4-10-19(18)31-20)34-13-17-8-5-11-32(17)24-22-23(27-14-26-22)28-15-29-24/h3-4,9-10,12,14-17H,1-2,5-8,11,13H2,(H,30,33)(H,26,27,28,29). The molecule has 0 radical (unpaired) electrons. The van der Waals surface area contributed by atoms with Crippen LogP contribution in [0.1, 0.15) is 49.0 Å². The summed E-state index contributed by atoms with van der Waals surface area (Å²) in [5.41, 5.74) is 2.66. The monoisotopic (exact) mass is 457 g/mol. The van der Waals surface area contributed by atoms with Crippen LogP contribution in [-0.4, -0.2) is 56.1 Å². The molecule has 1 atom stereocenters. The van der Waals surface area contributed by atoms with Crippen LogP contribution in [0.3, 0.4) is 0 Å². The summed E-state index contributed by atoms with van der Waals surface area (Å²) in [5, 5.41) is 4.04. The lowest BCUT2D eigenvalue weighted by Gasteiger charge is -2.26. The number of ether oxygens (including phenoxy) is 1. The fraction of sp³-hybridized carbons (Fsp3) is 0.400. The van der Waals surface area contributed by atoms with Gasteiger partial charge in [-0.2, -0.15) is 0 Å². The van der Waals surface area contributed by atoms with E-state index < -0.39 is 0 Å². The number of anilines is 1. The number of hydrogen-bond acceptors (Lipinski definition) is 7. The number of hydrogen-bond donors (Lipinski definition) is 2. The van der Waals surface area contributed by atoms with E-state index in [1.807, 2.05) is 24.3 Å². The van der Waals surface area contributed by atoms with Crippen molar-refractivity contribution in [1.82, 2.24) is 30.2 Å². The highest BCUT2D eigenvalue weighted by Gasteiger charge is 2.29. The van der Waals surface area contributed by atoms with Gasteiger partial charge in [-0.1, -0.05) is 25.0 Å². The lowest BCUT2D eigenvalue weighted by Crippen LogP contribution is -2.35. The second kappa shape index (κ2) is 8.89. The fourth-order valence-electron chi connectivity index (χ4n) is 5.14. The number of pyridine rings is 1. The number of carbonyl (C=O) groups excluding carboxylic acids is 1. The van der Waals surface area contributed by atoms with Gasteiger partial charge < -0.3 is 19.9 Å². The van der Waals surface area contributed by atoms with Crippen molar-refractivity contribution in [3.8, 4) is 5.75 Å². The van der Waals surface area contributed by atoms with E-state index in [4.69, 9.17) is 4.74 Å². The Bertz CT molecular complexity index is 1330. The SMILES string of the molecule is O=C(NC1CCCC1)c1cc(OCC2CCCN2c2ncnc3[nH]cnc23)c2ccccc2n1. The number of nitrogens with one attached hydrogen (secondary N) is 2. The maximum atomic E-state index is 12.9. The Morgan fingerprint density at radius 2 is 2.00 bits per heavy atom. The molecular weight excluding hydrogens is 430 g/mol. The zero-order chi connectivity index (χ0) is 22.9. The molecule has 6 rings (SSSR count). The van der Waals surface area contributed by atoms with Crippen molar-refractivity contribution in [3.05, 3.63) is 48.7 Å². The third kappa shape index (κ3) is 3.91. The molecule has 1 aliphatic carbocycles. The Labute approximate surface area is 197 Å². The van der Waals surface area contributed by atoms with E-state index >= 15 is 0 Å². The number of aromatic amines is 1. The second-order valence-electron chi connectivity index (χ2n) is 9.08. The highest BCUT2D eigenvalue weighted by atomic mass is 16.5. The van der Waals surface area contributed by atoms with Gasteiger partial charge in [-0.25, -0.2) is 19.9 Å². The molecule has 1 aromatic carbocycles. The maximum Gasteiger partial charge on any atom is 0.270 e. The minimum absolute atomic E-state index is 0.132. The van der Waals surface area contributed by atoms with Crippen molar-refractivity contribution in [2.45, 2.75) is 50.6 Å². The Morgan fingerprint density at radius 1 is 1.12 bits per heavy atom. The van der Waals surface area contributed by atoms with E-state index in [0.29, 0.717) is 18.1 Å². The Hall–Kier alpha value is -3.75. The van der Waals surface area contributed by atoms with Gasteiger partial charge in [0.25, 0.3) is 5.91 Å². The van der Waals surface area contributed by atoms with Crippen molar-refractivity contribution < 1.29 is 9.53 Å². The minimum Gasteiger partial charge on any atom is -0.491 e. The number of fused-ring (bicyclic) bond motifs is 2. The van der Waals surface area contributed by atoms with Crippen LogP contribution < -0.4 is 15.0 Å². The predicted octanol–water partition coefficient (Wildman–Crippen LogP) is 3.62. The lowest BCUT2D eigenvalue weighted by atomic mass is 10.1. The largest absolute Gasteiger partial charge is 0.491 e. The molecule has 4 aromatic rings. The first-order chi connectivity index (χ1) is 16.8. The number of para-hydroxylation sites is 1. The topological polar surface area (TPSA) is 109 Å². The number of amides is 1. The lowest BCUT2D eigenvalue weighted by molar-refractivity contribution is 0.0932. The van der Waals surface area contributed by atoms with Gasteiger partial charge in [0.15, 0.2) is 11.5 Å². The van der Waals surface area contributed by atoms with Crippen LogP contribution in [0.4, 0.5) is 5.82 Å². The zero-order valence-corrected chi connectivity index (χ0v) is 18.9. The first kappa shape index (κ1) is 20.8. The number of benzene rings is 1. The predicted molar refractivity (Wildman–Crippen MR) is 129 cm³/mol. The molecule has 34 heavy (non-hydrogen) atoms. The van der Waals surface area contributed by atoms with E-state index in [1.165, 1.54) is 12.8 Å². The van der Waals surface area contributed by atoms with Crippen LogP contribution in [0.5, 0.6) is 5.75 Å². The molecule has 9 nitrogen and oxygen atoms in total. The van der Waals surface area contributed by atoms with E-state index in [-0.39, 0.29) is 18.0 Å². The van der Waals surface area contributed by atoms with Gasteiger partial charge in [0.2, 0.25) is 0 Å². The number of H-pyrrole nitrogens is 1. The number of rotatable bonds is 6. The number of nitrogens with zero attached hydrogens (tertiary/aromatic N) is 5. The summed E-state index contributed by atoms with van der Waals surface area (Å²) in [6, 6.07) is 9.97. The van der Waals surface area contributed by atoms with Crippen molar-refractivity contribution in [2.24, 2.45) is 0 Å². The summed E-state index contributed by atoms with van der Waals surface area (Å²) in [6.45, 7) is 1.37. The van der Waals surface area contributed by atoms with Crippen molar-refractivity contribution >= 4 is 33.8 Å². The van der Waals surface area contributed by atoms with Crippen LogP contribution in [0.2, 0.25) is 0 Å². The van der Waals surface area contributed by atoms with Gasteiger partial charge in [0, 0.05) is 24.0 Å². The summed E-state index contributed by atoms with van der Waals surface area (Å²) < 4.78 is 6.38. The van der Waals surface area contributed by atoms with Crippen LogP contribution in [-0.2, 0) is 0 Å². The molecule has 1 saturated heterocycles. The van der Waals surface area contributed by atoms with Gasteiger partial charge in [-0.15, -0.1) is 0 Å². The zero-order valence-electron chi connectivity index (χ0n) is 18.9. The highest BCUT2D eigenvalue weighted by Crippen LogP contribution is 2.30. The van der Waals surface area contributed by atoms with Gasteiger partial charge in [-0.05, 0) is 37.8 Å². The van der Waals surface area contributed by atoms with Crippen LogP contribution in [0.25, 0.3) is 22.1 Å². The summed E-state index contributed by atoms with van der Waals surface area (Å²) in [7, 11) is 0. The molecule has 4 heterocycles. The normalized spacial score (nSPS) is 18.7. The van der Waals surface area contributed by atoms with Gasteiger partial charge in [0.1, 0.15) is 29.9 Å². The Morgan fingerprint density at radius 3 is 2.91 bits per heavy atom. The molecule has 1 saturated carbocycles. The summed E-state index contributed by atoms with van der Waals surface area (Å²) in [6.07, 6.45) is 9.66. The van der Waals surface area contributed by atoms with Crippen LogP contribution >= 0.6 is 0 Å². The van der Waals surface area contributed by atoms with Crippen molar-refractivity contribution in [1.29, 1.82) is 0 Å². The molecule has 9 heteroatoms. The second-order valence-corrected chi connectivity index (χ2v) is 9.08. The van der Waals surface area contributed by atoms with Crippen LogP contribution in [0.15, 0.2) is 43.0 Å². The molecule has 0 spiro atoms. The molecule has 174 valence electrons. The maximum absolute atomic E-state index is 12.9. The summed E-state index contributed by atoms with van der Waals surface area (Å²) >= 11 is 0. The average molecular weight is 458 g/mol. The smallest absolute Gasteiger partial charge is 0.270 e. The minimum atomic E-state index is -0.132. The van der Waals surface area contributed by atoms with Gasteiger partial charge in [0.05, 0.1) is 17.9 Å². The van der Waals surface area contributed by atoms with Crippen molar-refractivity contribution in [2.75, 3.05) is 18.1 Å². The average Bonchev–Trinajstić information content (AvgIpc) is 3.64. The molecule has 2 N–H and O–H groups in total. The molecule has 1 unspecified atom stereocenters.